The smallest absolute Gasteiger partial charge is 0.146 e. The van der Waals surface area contributed by atoms with Crippen LogP contribution in [0.15, 0.2) is 30.6 Å². The molecule has 96 valence electrons. The highest BCUT2D eigenvalue weighted by Gasteiger charge is 2.08. The number of rotatable bonds is 4. The Balaban J connectivity index is 2.08. The molecule has 5 heteroatoms. The third kappa shape index (κ3) is 2.83. The fourth-order valence-electron chi connectivity index (χ4n) is 1.57. The van der Waals surface area contributed by atoms with Crippen molar-refractivity contribution in [2.45, 2.75) is 19.6 Å². The van der Waals surface area contributed by atoms with Crippen LogP contribution < -0.4 is 4.74 Å². The van der Waals surface area contributed by atoms with Crippen molar-refractivity contribution in [1.82, 2.24) is 9.55 Å². The van der Waals surface area contributed by atoms with Crippen LogP contribution in [0, 0.1) is 0 Å². The van der Waals surface area contributed by atoms with Gasteiger partial charge in [0.15, 0.2) is 0 Å². The van der Waals surface area contributed by atoms with Crippen LogP contribution in [0.25, 0.3) is 0 Å². The van der Waals surface area contributed by atoms with E-state index in [1.165, 1.54) is 0 Å². The largest absolute Gasteiger partial charge is 0.484 e. The van der Waals surface area contributed by atoms with Crippen LogP contribution in [-0.2, 0) is 13.7 Å². The second kappa shape index (κ2) is 5.42. The standard InChI is InChI=1S/C13H15ClN2O2/c1-9(17)10-3-4-12(11(14)7-10)18-8-13-15-5-6-16(13)2/h3-7,9,17H,8H2,1-2H3/t9-/m1/s1. The molecule has 1 atom stereocenters. The zero-order valence-corrected chi connectivity index (χ0v) is 11.1. The van der Waals surface area contributed by atoms with Crippen LogP contribution >= 0.6 is 11.6 Å². The second-order valence-corrected chi connectivity index (χ2v) is 4.52. The van der Waals surface area contributed by atoms with Gasteiger partial charge in [0.2, 0.25) is 0 Å². The molecule has 0 fully saturated rings. The van der Waals surface area contributed by atoms with E-state index in [-0.39, 0.29) is 0 Å². The van der Waals surface area contributed by atoms with Crippen molar-refractivity contribution in [1.29, 1.82) is 0 Å². The quantitative estimate of drug-likeness (QED) is 0.926. The molecular formula is C13H15ClN2O2. The van der Waals surface area contributed by atoms with Crippen molar-refractivity contribution >= 4 is 11.6 Å². The molecule has 0 aliphatic heterocycles. The van der Waals surface area contributed by atoms with Crippen molar-refractivity contribution in [3.63, 3.8) is 0 Å². The number of aryl methyl sites for hydroxylation is 1. The second-order valence-electron chi connectivity index (χ2n) is 4.11. The Morgan fingerprint density at radius 2 is 2.28 bits per heavy atom. The predicted molar refractivity (Wildman–Crippen MR) is 69.6 cm³/mol. The fourth-order valence-corrected chi connectivity index (χ4v) is 1.82. The van der Waals surface area contributed by atoms with Crippen molar-refractivity contribution < 1.29 is 9.84 Å². The normalized spacial score (nSPS) is 12.4. The van der Waals surface area contributed by atoms with Gasteiger partial charge in [0.05, 0.1) is 11.1 Å². The van der Waals surface area contributed by atoms with Crippen molar-refractivity contribution in [3.05, 3.63) is 47.0 Å². The molecule has 0 saturated carbocycles. The lowest BCUT2D eigenvalue weighted by Gasteiger charge is -2.10. The first kappa shape index (κ1) is 12.9. The minimum absolute atomic E-state index is 0.358. The Kier molecular flexibility index (Phi) is 3.89. The van der Waals surface area contributed by atoms with E-state index in [9.17, 15) is 5.11 Å². The Bertz CT molecular complexity index is 538. The lowest BCUT2D eigenvalue weighted by molar-refractivity contribution is 0.199. The van der Waals surface area contributed by atoms with E-state index >= 15 is 0 Å². The van der Waals surface area contributed by atoms with E-state index in [1.807, 2.05) is 17.8 Å². The first-order valence-corrected chi connectivity index (χ1v) is 6.02. The van der Waals surface area contributed by atoms with Crippen LogP contribution in [0.3, 0.4) is 0 Å². The maximum absolute atomic E-state index is 9.44. The molecule has 1 N–H and O–H groups in total. The minimum Gasteiger partial charge on any atom is -0.484 e. The van der Waals surface area contributed by atoms with E-state index in [0.29, 0.717) is 17.4 Å². The zero-order valence-electron chi connectivity index (χ0n) is 10.3. The molecule has 0 aliphatic carbocycles. The van der Waals surface area contributed by atoms with Gasteiger partial charge in [-0.1, -0.05) is 17.7 Å². The molecule has 2 rings (SSSR count). The summed E-state index contributed by atoms with van der Waals surface area (Å²) in [6.45, 7) is 2.05. The van der Waals surface area contributed by atoms with Crippen molar-refractivity contribution in [2.75, 3.05) is 0 Å². The number of aliphatic hydroxyl groups excluding tert-OH is 1. The highest BCUT2D eigenvalue weighted by atomic mass is 35.5. The third-order valence-electron chi connectivity index (χ3n) is 2.72. The molecule has 0 radical (unpaired) electrons. The summed E-state index contributed by atoms with van der Waals surface area (Å²) in [5, 5.41) is 9.93. The number of imidazole rings is 1. The summed E-state index contributed by atoms with van der Waals surface area (Å²) in [5.74, 6) is 1.41. The number of halogens is 1. The summed E-state index contributed by atoms with van der Waals surface area (Å²) in [7, 11) is 1.91. The number of aromatic nitrogens is 2. The maximum Gasteiger partial charge on any atom is 0.146 e. The number of aliphatic hydroxyl groups is 1. The third-order valence-corrected chi connectivity index (χ3v) is 3.01. The van der Waals surface area contributed by atoms with E-state index in [0.717, 1.165) is 11.4 Å². The van der Waals surface area contributed by atoms with Crippen LogP contribution in [0.5, 0.6) is 5.75 Å². The van der Waals surface area contributed by atoms with Crippen LogP contribution in [-0.4, -0.2) is 14.7 Å². The zero-order chi connectivity index (χ0) is 13.1. The average molecular weight is 267 g/mol. The molecular weight excluding hydrogens is 252 g/mol. The van der Waals surface area contributed by atoms with E-state index < -0.39 is 6.10 Å². The fraction of sp³-hybridized carbons (Fsp3) is 0.308. The van der Waals surface area contributed by atoms with Crippen molar-refractivity contribution in [2.24, 2.45) is 7.05 Å². The number of hydrogen-bond acceptors (Lipinski definition) is 3. The summed E-state index contributed by atoms with van der Waals surface area (Å²) in [6, 6.07) is 5.26. The number of nitrogens with zero attached hydrogens (tertiary/aromatic N) is 2. The van der Waals surface area contributed by atoms with Gasteiger partial charge in [0.25, 0.3) is 0 Å². The van der Waals surface area contributed by atoms with Gasteiger partial charge < -0.3 is 14.4 Å². The molecule has 1 aromatic carbocycles. The highest BCUT2D eigenvalue weighted by molar-refractivity contribution is 6.32. The molecule has 4 nitrogen and oxygen atoms in total. The lowest BCUT2D eigenvalue weighted by Crippen LogP contribution is -2.03. The Hall–Kier alpha value is -1.52. The molecule has 0 saturated heterocycles. The molecule has 1 heterocycles. The Morgan fingerprint density at radius 3 is 2.83 bits per heavy atom. The topological polar surface area (TPSA) is 47.3 Å². The van der Waals surface area contributed by atoms with Gasteiger partial charge in [-0.15, -0.1) is 0 Å². The number of benzene rings is 1. The van der Waals surface area contributed by atoms with Crippen LogP contribution in [0.4, 0.5) is 0 Å². The molecule has 18 heavy (non-hydrogen) atoms. The highest BCUT2D eigenvalue weighted by Crippen LogP contribution is 2.28. The monoisotopic (exact) mass is 266 g/mol. The van der Waals surface area contributed by atoms with Gasteiger partial charge in [-0.05, 0) is 24.6 Å². The Labute approximate surface area is 111 Å². The van der Waals surface area contributed by atoms with Gasteiger partial charge in [0, 0.05) is 19.4 Å². The number of hydrogen-bond donors (Lipinski definition) is 1. The van der Waals surface area contributed by atoms with E-state index in [1.54, 1.807) is 31.3 Å². The van der Waals surface area contributed by atoms with Gasteiger partial charge in [-0.25, -0.2) is 4.98 Å². The first-order valence-electron chi connectivity index (χ1n) is 5.64. The van der Waals surface area contributed by atoms with Gasteiger partial charge >= 0.3 is 0 Å². The van der Waals surface area contributed by atoms with Gasteiger partial charge in [-0.2, -0.15) is 0 Å². The summed E-state index contributed by atoms with van der Waals surface area (Å²) in [5.41, 5.74) is 0.768. The molecule has 2 aromatic rings. The lowest BCUT2D eigenvalue weighted by atomic mass is 10.1. The molecule has 0 bridgehead atoms. The molecule has 0 aliphatic rings. The van der Waals surface area contributed by atoms with Crippen LogP contribution in [0.2, 0.25) is 5.02 Å². The average Bonchev–Trinajstić information content (AvgIpc) is 2.73. The summed E-state index contributed by atoms with van der Waals surface area (Å²) in [6.07, 6.45) is 3.04. The molecule has 1 aromatic heterocycles. The van der Waals surface area contributed by atoms with Crippen LogP contribution in [0.1, 0.15) is 24.4 Å². The molecule has 0 amide bonds. The summed E-state index contributed by atoms with van der Waals surface area (Å²) < 4.78 is 7.49. The van der Waals surface area contributed by atoms with Gasteiger partial charge in [-0.3, -0.25) is 0 Å². The maximum atomic E-state index is 9.44. The SMILES string of the molecule is C[C@@H](O)c1ccc(OCc2nccn2C)c(Cl)c1. The molecule has 0 spiro atoms. The van der Waals surface area contributed by atoms with E-state index in [4.69, 9.17) is 16.3 Å². The van der Waals surface area contributed by atoms with Gasteiger partial charge in [0.1, 0.15) is 18.2 Å². The summed E-state index contributed by atoms with van der Waals surface area (Å²) >= 11 is 6.09. The van der Waals surface area contributed by atoms with Crippen molar-refractivity contribution in [3.8, 4) is 5.75 Å². The predicted octanol–water partition coefficient (Wildman–Crippen LogP) is 2.71. The summed E-state index contributed by atoms with van der Waals surface area (Å²) in [4.78, 5) is 4.16. The number of ether oxygens (including phenoxy) is 1. The van der Waals surface area contributed by atoms with E-state index in [2.05, 4.69) is 4.98 Å². The minimum atomic E-state index is -0.536. The Morgan fingerprint density at radius 1 is 1.50 bits per heavy atom. The molecule has 0 unspecified atom stereocenters. The first-order chi connectivity index (χ1) is 8.58.